The average Bonchev–Trinajstić information content (AvgIpc) is 3.07. The summed E-state index contributed by atoms with van der Waals surface area (Å²) in [6.07, 6.45) is -2.81. The largest absolute Gasteiger partial charge is 0.467 e. The molecule has 3 atom stereocenters. The van der Waals surface area contributed by atoms with Crippen LogP contribution in [0.5, 0.6) is 0 Å². The number of para-hydroxylation sites is 1. The fourth-order valence-electron chi connectivity index (χ4n) is 2.63. The number of nitro benzene ring substituents is 1. The van der Waals surface area contributed by atoms with Gasteiger partial charge in [0.25, 0.3) is 5.69 Å². The van der Waals surface area contributed by atoms with Gasteiger partial charge in [-0.1, -0.05) is 42.5 Å². The molecule has 24 heavy (non-hydrogen) atoms. The predicted octanol–water partition coefficient (Wildman–Crippen LogP) is 2.92. The zero-order chi connectivity index (χ0) is 17.1. The van der Waals surface area contributed by atoms with Crippen LogP contribution in [0.15, 0.2) is 54.6 Å². The SMILES string of the molecule is COC(=O)[C@@H]1O[C@H](c2ccccc2)O[C@@H]1c1ccccc1[N+](=O)[O-]. The second-order valence-corrected chi connectivity index (χ2v) is 5.20. The van der Waals surface area contributed by atoms with Crippen LogP contribution in [-0.2, 0) is 19.0 Å². The Morgan fingerprint density at radius 2 is 1.75 bits per heavy atom. The van der Waals surface area contributed by atoms with Gasteiger partial charge < -0.3 is 14.2 Å². The Morgan fingerprint density at radius 1 is 1.08 bits per heavy atom. The van der Waals surface area contributed by atoms with E-state index in [0.29, 0.717) is 5.56 Å². The Balaban J connectivity index is 1.98. The molecule has 0 bridgehead atoms. The number of nitro groups is 1. The number of nitrogens with zero attached hydrogens (tertiary/aromatic N) is 1. The van der Waals surface area contributed by atoms with E-state index < -0.39 is 29.4 Å². The lowest BCUT2D eigenvalue weighted by Crippen LogP contribution is -2.27. The molecule has 1 aliphatic heterocycles. The van der Waals surface area contributed by atoms with Crippen molar-refractivity contribution in [1.82, 2.24) is 0 Å². The van der Waals surface area contributed by atoms with E-state index in [1.165, 1.54) is 13.2 Å². The summed E-state index contributed by atoms with van der Waals surface area (Å²) < 4.78 is 16.3. The number of hydrogen-bond acceptors (Lipinski definition) is 6. The predicted molar refractivity (Wildman–Crippen MR) is 83.0 cm³/mol. The molecule has 0 N–H and O–H groups in total. The van der Waals surface area contributed by atoms with Gasteiger partial charge in [-0.3, -0.25) is 10.1 Å². The van der Waals surface area contributed by atoms with Crippen molar-refractivity contribution in [3.05, 3.63) is 75.8 Å². The van der Waals surface area contributed by atoms with Crippen LogP contribution in [0.1, 0.15) is 23.5 Å². The lowest BCUT2D eigenvalue weighted by molar-refractivity contribution is -0.386. The highest BCUT2D eigenvalue weighted by molar-refractivity contribution is 5.76. The van der Waals surface area contributed by atoms with Crippen molar-refractivity contribution in [3.63, 3.8) is 0 Å². The Morgan fingerprint density at radius 3 is 2.42 bits per heavy atom. The maximum atomic E-state index is 12.1. The number of carbonyl (C=O) groups is 1. The van der Waals surface area contributed by atoms with Gasteiger partial charge >= 0.3 is 5.97 Å². The first kappa shape index (κ1) is 16.1. The average molecular weight is 329 g/mol. The van der Waals surface area contributed by atoms with Crippen LogP contribution < -0.4 is 0 Å². The zero-order valence-electron chi connectivity index (χ0n) is 12.8. The highest BCUT2D eigenvalue weighted by Crippen LogP contribution is 2.42. The molecule has 0 saturated carbocycles. The minimum Gasteiger partial charge on any atom is -0.467 e. The van der Waals surface area contributed by atoms with Gasteiger partial charge in [-0.15, -0.1) is 0 Å². The first-order chi connectivity index (χ1) is 11.6. The molecule has 1 saturated heterocycles. The maximum absolute atomic E-state index is 12.1. The van der Waals surface area contributed by atoms with Crippen LogP contribution in [0.25, 0.3) is 0 Å². The van der Waals surface area contributed by atoms with Crippen molar-refractivity contribution < 1.29 is 23.9 Å². The minimum atomic E-state index is -1.08. The van der Waals surface area contributed by atoms with Gasteiger partial charge in [0.2, 0.25) is 0 Å². The molecule has 1 aliphatic rings. The van der Waals surface area contributed by atoms with Crippen molar-refractivity contribution in [2.75, 3.05) is 7.11 Å². The molecule has 0 amide bonds. The van der Waals surface area contributed by atoms with Gasteiger partial charge in [0.05, 0.1) is 17.6 Å². The Hall–Kier alpha value is -2.77. The first-order valence-corrected chi connectivity index (χ1v) is 7.29. The van der Waals surface area contributed by atoms with Crippen LogP contribution in [0, 0.1) is 10.1 Å². The molecule has 2 aromatic rings. The molecular weight excluding hydrogens is 314 g/mol. The van der Waals surface area contributed by atoms with E-state index in [-0.39, 0.29) is 11.3 Å². The van der Waals surface area contributed by atoms with E-state index in [2.05, 4.69) is 0 Å². The molecule has 3 rings (SSSR count). The summed E-state index contributed by atoms with van der Waals surface area (Å²) in [4.78, 5) is 22.8. The van der Waals surface area contributed by atoms with Crippen LogP contribution in [0.3, 0.4) is 0 Å². The Kier molecular flexibility index (Phi) is 4.54. The van der Waals surface area contributed by atoms with Crippen LogP contribution in [0.2, 0.25) is 0 Å². The number of benzene rings is 2. The van der Waals surface area contributed by atoms with Gasteiger partial charge in [0.15, 0.2) is 12.4 Å². The molecule has 0 radical (unpaired) electrons. The fraction of sp³-hybridized carbons (Fsp3) is 0.235. The number of carbonyl (C=O) groups excluding carboxylic acids is 1. The van der Waals surface area contributed by atoms with E-state index in [1.54, 1.807) is 30.3 Å². The molecule has 2 aromatic carbocycles. The van der Waals surface area contributed by atoms with E-state index >= 15 is 0 Å². The van der Waals surface area contributed by atoms with Crippen molar-refractivity contribution in [2.24, 2.45) is 0 Å². The first-order valence-electron chi connectivity index (χ1n) is 7.29. The summed E-state index contributed by atoms with van der Waals surface area (Å²) in [5, 5.41) is 11.3. The molecule has 0 aromatic heterocycles. The lowest BCUT2D eigenvalue weighted by atomic mass is 10.0. The second-order valence-electron chi connectivity index (χ2n) is 5.20. The molecule has 0 spiro atoms. The molecular formula is C17H15NO6. The molecule has 0 aliphatic carbocycles. The number of rotatable bonds is 4. The molecule has 1 fully saturated rings. The zero-order valence-corrected chi connectivity index (χ0v) is 12.8. The number of methoxy groups -OCH3 is 1. The van der Waals surface area contributed by atoms with Gasteiger partial charge in [-0.25, -0.2) is 4.79 Å². The quantitative estimate of drug-likeness (QED) is 0.487. The maximum Gasteiger partial charge on any atom is 0.338 e. The normalized spacial score (nSPS) is 23.0. The Bertz CT molecular complexity index is 748. The number of esters is 1. The molecule has 7 nitrogen and oxygen atoms in total. The summed E-state index contributed by atoms with van der Waals surface area (Å²) in [6, 6.07) is 15.2. The number of hydrogen-bond donors (Lipinski definition) is 0. The fourth-order valence-corrected chi connectivity index (χ4v) is 2.63. The molecule has 1 heterocycles. The van der Waals surface area contributed by atoms with Crippen molar-refractivity contribution in [3.8, 4) is 0 Å². The molecule has 0 unspecified atom stereocenters. The van der Waals surface area contributed by atoms with Gasteiger partial charge in [-0.05, 0) is 6.07 Å². The van der Waals surface area contributed by atoms with Crippen molar-refractivity contribution in [2.45, 2.75) is 18.5 Å². The standard InChI is InChI=1S/C17H15NO6/c1-22-16(19)15-14(12-9-5-6-10-13(12)18(20)21)23-17(24-15)11-7-3-2-4-8-11/h2-10,14-15,17H,1H3/t14-,15-,17-/m1/s1. The highest BCUT2D eigenvalue weighted by Gasteiger charge is 2.45. The smallest absolute Gasteiger partial charge is 0.338 e. The van der Waals surface area contributed by atoms with E-state index in [1.807, 2.05) is 18.2 Å². The summed E-state index contributed by atoms with van der Waals surface area (Å²) in [5.74, 6) is -0.642. The van der Waals surface area contributed by atoms with Crippen LogP contribution in [-0.4, -0.2) is 24.1 Å². The summed E-state index contributed by atoms with van der Waals surface area (Å²) in [6.45, 7) is 0. The minimum absolute atomic E-state index is 0.131. The summed E-state index contributed by atoms with van der Waals surface area (Å²) in [7, 11) is 1.23. The van der Waals surface area contributed by atoms with Gasteiger partial charge in [0.1, 0.15) is 6.10 Å². The molecule has 7 heteroatoms. The highest BCUT2D eigenvalue weighted by atomic mass is 16.7. The number of ether oxygens (including phenoxy) is 3. The van der Waals surface area contributed by atoms with Crippen molar-refractivity contribution in [1.29, 1.82) is 0 Å². The third-order valence-corrected chi connectivity index (χ3v) is 3.76. The van der Waals surface area contributed by atoms with Crippen molar-refractivity contribution >= 4 is 11.7 Å². The lowest BCUT2D eigenvalue weighted by Gasteiger charge is -2.14. The second kappa shape index (κ2) is 6.77. The van der Waals surface area contributed by atoms with Crippen LogP contribution >= 0.6 is 0 Å². The van der Waals surface area contributed by atoms with E-state index in [4.69, 9.17) is 14.2 Å². The van der Waals surface area contributed by atoms with E-state index in [9.17, 15) is 14.9 Å². The third kappa shape index (κ3) is 2.99. The third-order valence-electron chi connectivity index (χ3n) is 3.76. The summed E-state index contributed by atoms with van der Waals surface area (Å²) >= 11 is 0. The van der Waals surface area contributed by atoms with E-state index in [0.717, 1.165) is 0 Å². The van der Waals surface area contributed by atoms with Gasteiger partial charge in [-0.2, -0.15) is 0 Å². The monoisotopic (exact) mass is 329 g/mol. The molecule has 124 valence electrons. The Labute approximate surface area is 137 Å². The summed E-state index contributed by atoms with van der Waals surface area (Å²) in [5.41, 5.74) is 0.859. The van der Waals surface area contributed by atoms with Crippen LogP contribution in [0.4, 0.5) is 5.69 Å². The topological polar surface area (TPSA) is 87.9 Å². The van der Waals surface area contributed by atoms with Gasteiger partial charge in [0, 0.05) is 11.6 Å².